The number of nitrogens with zero attached hydrogens (tertiary/aromatic N) is 1. The van der Waals surface area contributed by atoms with Crippen LogP contribution >= 0.6 is 11.8 Å². The highest BCUT2D eigenvalue weighted by molar-refractivity contribution is 8.03. The van der Waals surface area contributed by atoms with Gasteiger partial charge in [-0.2, -0.15) is 0 Å². The maximum Gasteiger partial charge on any atom is 0.353 e. The number of para-hydroxylation sites is 1. The van der Waals surface area contributed by atoms with Gasteiger partial charge in [0.2, 0.25) is 11.8 Å². The second-order valence-corrected chi connectivity index (χ2v) is 8.39. The minimum Gasteiger partial charge on any atom is -0.508 e. The first-order chi connectivity index (χ1) is 13.2. The topological polar surface area (TPSA) is 127 Å². The number of amides is 2. The lowest BCUT2D eigenvalue weighted by molar-refractivity contribution is -0.161. The van der Waals surface area contributed by atoms with E-state index < -0.39 is 23.4 Å². The Kier molecular flexibility index (Phi) is 5.66. The third kappa shape index (κ3) is 3.72. The molecule has 0 unspecified atom stereocenters. The molecule has 0 bridgehead atoms. The zero-order chi connectivity index (χ0) is 20.6. The molecule has 8 nitrogen and oxygen atoms in total. The number of hydrogen-bond donors (Lipinski definition) is 4. The van der Waals surface area contributed by atoms with Gasteiger partial charge in [0, 0.05) is 16.9 Å². The van der Waals surface area contributed by atoms with Crippen molar-refractivity contribution in [1.29, 1.82) is 0 Å². The number of carbonyl (C=O) groups excluding carboxylic acids is 2. The molecule has 0 radical (unpaired) electrons. The molecule has 9 heteroatoms. The Morgan fingerprint density at radius 3 is 2.61 bits per heavy atom. The van der Waals surface area contributed by atoms with Crippen molar-refractivity contribution in [2.45, 2.75) is 44.2 Å². The van der Waals surface area contributed by atoms with E-state index in [0.717, 1.165) is 0 Å². The molecule has 2 amide bonds. The fourth-order valence-corrected chi connectivity index (χ4v) is 4.87. The van der Waals surface area contributed by atoms with Crippen LogP contribution in [0.2, 0.25) is 0 Å². The molecule has 4 atom stereocenters. The van der Waals surface area contributed by atoms with Crippen LogP contribution in [0.5, 0.6) is 5.75 Å². The number of rotatable bonds is 7. The van der Waals surface area contributed by atoms with Crippen molar-refractivity contribution in [2.75, 3.05) is 0 Å². The van der Waals surface area contributed by atoms with E-state index in [1.54, 1.807) is 25.1 Å². The van der Waals surface area contributed by atoms with Crippen LogP contribution in [0.4, 0.5) is 0 Å². The summed E-state index contributed by atoms with van der Waals surface area (Å²) in [5.41, 5.74) is 0.428. The number of aliphatic hydroxyl groups excluding tert-OH is 1. The number of thioether (sulfide) groups is 1. The first-order valence-electron chi connectivity index (χ1n) is 8.91. The standard InChI is InChI=1S/C19H22N2O6S/c1-9(22)16-12-8-14(17(19(26)27)21(12)18(16)25)28-10(2)20-15(24)7-11-5-3-4-6-13(11)23/h3-6,9-10,12,16,22-23H,7-8H2,1-2H3,(H,20,24)(H,26,27)/t9-,10+,12+,16-/m0/s1. The van der Waals surface area contributed by atoms with Crippen molar-refractivity contribution in [3.63, 3.8) is 0 Å². The summed E-state index contributed by atoms with van der Waals surface area (Å²) in [6.07, 6.45) is -0.503. The van der Waals surface area contributed by atoms with Crippen LogP contribution in [0.3, 0.4) is 0 Å². The summed E-state index contributed by atoms with van der Waals surface area (Å²) in [4.78, 5) is 37.8. The number of benzene rings is 1. The van der Waals surface area contributed by atoms with Crippen molar-refractivity contribution < 1.29 is 29.7 Å². The van der Waals surface area contributed by atoms with Gasteiger partial charge in [0.1, 0.15) is 11.4 Å². The van der Waals surface area contributed by atoms with Gasteiger partial charge in [-0.25, -0.2) is 4.79 Å². The summed E-state index contributed by atoms with van der Waals surface area (Å²) < 4.78 is 0. The van der Waals surface area contributed by atoms with E-state index >= 15 is 0 Å². The minimum atomic E-state index is -1.20. The molecule has 1 aromatic rings. The van der Waals surface area contributed by atoms with E-state index in [2.05, 4.69) is 5.32 Å². The van der Waals surface area contributed by atoms with Crippen molar-refractivity contribution in [2.24, 2.45) is 5.92 Å². The molecule has 2 heterocycles. The molecule has 0 aromatic heterocycles. The number of hydrogen-bond acceptors (Lipinski definition) is 6. The van der Waals surface area contributed by atoms with Gasteiger partial charge in [-0.15, -0.1) is 11.8 Å². The fourth-order valence-electron chi connectivity index (χ4n) is 3.69. The van der Waals surface area contributed by atoms with E-state index in [-0.39, 0.29) is 35.7 Å². The van der Waals surface area contributed by atoms with Crippen molar-refractivity contribution in [3.05, 3.63) is 40.4 Å². The van der Waals surface area contributed by atoms with Crippen LogP contribution < -0.4 is 5.32 Å². The van der Waals surface area contributed by atoms with Gasteiger partial charge < -0.3 is 25.5 Å². The van der Waals surface area contributed by atoms with Crippen LogP contribution in [-0.4, -0.2) is 55.5 Å². The highest BCUT2D eigenvalue weighted by Gasteiger charge is 2.56. The van der Waals surface area contributed by atoms with Gasteiger partial charge >= 0.3 is 5.97 Å². The first kappa shape index (κ1) is 20.2. The molecule has 0 spiro atoms. The summed E-state index contributed by atoms with van der Waals surface area (Å²) in [6.45, 7) is 3.25. The summed E-state index contributed by atoms with van der Waals surface area (Å²) in [5.74, 6) is -2.45. The van der Waals surface area contributed by atoms with E-state index in [4.69, 9.17) is 0 Å². The quantitative estimate of drug-likeness (QED) is 0.393. The van der Waals surface area contributed by atoms with Crippen molar-refractivity contribution in [3.8, 4) is 5.75 Å². The van der Waals surface area contributed by atoms with E-state index in [9.17, 15) is 29.7 Å². The van der Waals surface area contributed by atoms with Crippen LogP contribution in [0.15, 0.2) is 34.9 Å². The number of nitrogens with one attached hydrogen (secondary N) is 1. The maximum atomic E-state index is 12.2. The molecule has 1 aromatic carbocycles. The lowest BCUT2D eigenvalue weighted by atomic mass is 9.83. The molecule has 28 heavy (non-hydrogen) atoms. The van der Waals surface area contributed by atoms with E-state index in [0.29, 0.717) is 16.9 Å². The summed E-state index contributed by atoms with van der Waals surface area (Å²) in [7, 11) is 0. The Bertz CT molecular complexity index is 853. The Hall–Kier alpha value is -2.52. The molecular weight excluding hydrogens is 384 g/mol. The van der Waals surface area contributed by atoms with E-state index in [1.807, 2.05) is 0 Å². The van der Waals surface area contributed by atoms with Gasteiger partial charge in [-0.05, 0) is 19.9 Å². The van der Waals surface area contributed by atoms with Crippen LogP contribution in [0, 0.1) is 5.92 Å². The van der Waals surface area contributed by atoms with Crippen molar-refractivity contribution in [1.82, 2.24) is 10.2 Å². The van der Waals surface area contributed by atoms with Crippen LogP contribution in [0.25, 0.3) is 0 Å². The Morgan fingerprint density at radius 2 is 2.00 bits per heavy atom. The second kappa shape index (κ2) is 7.84. The SMILES string of the molecule is C[C@H](NC(=O)Cc1ccccc1O)SC1=C(C(=O)O)N2C(=O)[C@@H]([C@H](C)O)[C@H]2C1. The molecule has 2 aliphatic heterocycles. The zero-order valence-electron chi connectivity index (χ0n) is 15.5. The summed E-state index contributed by atoms with van der Waals surface area (Å²) in [6, 6.07) is 6.19. The third-order valence-electron chi connectivity index (χ3n) is 4.92. The highest BCUT2D eigenvalue weighted by Crippen LogP contribution is 2.47. The molecule has 150 valence electrons. The number of carboxylic acid groups (broad SMARTS) is 1. The summed E-state index contributed by atoms with van der Waals surface area (Å²) in [5, 5.41) is 31.4. The average molecular weight is 406 g/mol. The highest BCUT2D eigenvalue weighted by atomic mass is 32.2. The second-order valence-electron chi connectivity index (χ2n) is 6.96. The minimum absolute atomic E-state index is 0.000252. The lowest BCUT2D eigenvalue weighted by Crippen LogP contribution is -2.61. The van der Waals surface area contributed by atoms with Crippen LogP contribution in [-0.2, 0) is 20.8 Å². The van der Waals surface area contributed by atoms with Gasteiger partial charge in [0.05, 0.1) is 29.9 Å². The number of phenols is 1. The average Bonchev–Trinajstić information content (AvgIpc) is 2.90. The first-order valence-corrected chi connectivity index (χ1v) is 9.79. The molecular formula is C19H22N2O6S. The number of fused-ring (bicyclic) bond motifs is 1. The Morgan fingerprint density at radius 1 is 1.32 bits per heavy atom. The largest absolute Gasteiger partial charge is 0.508 e. The number of carboxylic acids is 1. The lowest BCUT2D eigenvalue weighted by Gasteiger charge is -2.44. The normalized spacial score (nSPS) is 23.1. The zero-order valence-corrected chi connectivity index (χ0v) is 16.3. The Labute approximate surface area is 166 Å². The molecule has 0 aliphatic carbocycles. The summed E-state index contributed by atoms with van der Waals surface area (Å²) >= 11 is 1.18. The predicted molar refractivity (Wildman–Crippen MR) is 102 cm³/mol. The van der Waals surface area contributed by atoms with Gasteiger partial charge in [-0.3, -0.25) is 9.59 Å². The number of β-lactam (4-membered cyclic amide) rings is 1. The monoisotopic (exact) mass is 406 g/mol. The molecule has 1 saturated heterocycles. The Balaban J connectivity index is 1.65. The predicted octanol–water partition coefficient (Wildman–Crippen LogP) is 1.04. The molecule has 0 saturated carbocycles. The van der Waals surface area contributed by atoms with Crippen LogP contribution in [0.1, 0.15) is 25.8 Å². The van der Waals surface area contributed by atoms with Gasteiger partial charge in [0.15, 0.2) is 0 Å². The smallest absolute Gasteiger partial charge is 0.353 e. The number of aromatic hydroxyl groups is 1. The van der Waals surface area contributed by atoms with Crippen molar-refractivity contribution >= 4 is 29.5 Å². The molecule has 3 rings (SSSR count). The van der Waals surface area contributed by atoms with Gasteiger partial charge in [0.25, 0.3) is 0 Å². The van der Waals surface area contributed by atoms with E-state index in [1.165, 1.54) is 29.7 Å². The maximum absolute atomic E-state index is 12.2. The van der Waals surface area contributed by atoms with Gasteiger partial charge in [-0.1, -0.05) is 18.2 Å². The molecule has 2 aliphatic rings. The number of aliphatic hydroxyl groups is 1. The molecule has 1 fully saturated rings. The molecule has 4 N–H and O–H groups in total. The fraction of sp³-hybridized carbons (Fsp3) is 0.421. The number of aliphatic carboxylic acids is 1. The number of carbonyl (C=O) groups is 3. The number of phenolic OH excluding ortho intramolecular Hbond substituents is 1. The third-order valence-corrected chi connectivity index (χ3v) is 6.03.